The highest BCUT2D eigenvalue weighted by Crippen LogP contribution is 2.35. The lowest BCUT2D eigenvalue weighted by Gasteiger charge is -2.43. The fraction of sp³-hybridized carbons (Fsp3) is 0.640. The van der Waals surface area contributed by atoms with Crippen molar-refractivity contribution in [3.05, 3.63) is 46.5 Å². The fourth-order valence-corrected chi connectivity index (χ4v) is 6.01. The van der Waals surface area contributed by atoms with E-state index >= 15 is 0 Å². The second-order valence-electron chi connectivity index (χ2n) is 10.4. The number of likely N-dealkylation sites (tertiary alicyclic amines) is 1. The van der Waals surface area contributed by atoms with E-state index in [-0.39, 0.29) is 17.5 Å². The van der Waals surface area contributed by atoms with Gasteiger partial charge in [0.2, 0.25) is 5.82 Å². The maximum Gasteiger partial charge on any atom is 0.289 e. The van der Waals surface area contributed by atoms with Gasteiger partial charge in [-0.25, -0.2) is 0 Å². The number of carbonyl (C=O) groups is 1. The van der Waals surface area contributed by atoms with Gasteiger partial charge in [-0.1, -0.05) is 48.6 Å². The van der Waals surface area contributed by atoms with Gasteiger partial charge in [0.15, 0.2) is 0 Å². The summed E-state index contributed by atoms with van der Waals surface area (Å²) in [6.07, 6.45) is 6.93. The van der Waals surface area contributed by atoms with E-state index in [1.807, 2.05) is 0 Å². The molecular formula is C25H36N6O. The second-order valence-corrected chi connectivity index (χ2v) is 10.4. The number of amides is 1. The van der Waals surface area contributed by atoms with Crippen molar-refractivity contribution >= 4 is 5.91 Å². The second kappa shape index (κ2) is 8.60. The molecule has 3 heterocycles. The summed E-state index contributed by atoms with van der Waals surface area (Å²) in [5.74, 6) is 1.34. The van der Waals surface area contributed by atoms with Gasteiger partial charge in [-0.15, -0.1) is 10.2 Å². The van der Waals surface area contributed by atoms with Crippen LogP contribution in [0.1, 0.15) is 71.7 Å². The summed E-state index contributed by atoms with van der Waals surface area (Å²) in [5.41, 5.74) is 4.06. The van der Waals surface area contributed by atoms with Gasteiger partial charge in [0.1, 0.15) is 5.82 Å². The van der Waals surface area contributed by atoms with Crippen LogP contribution in [0.25, 0.3) is 0 Å². The molecule has 7 heteroatoms. The predicted molar refractivity (Wildman–Crippen MR) is 124 cm³/mol. The van der Waals surface area contributed by atoms with E-state index in [9.17, 15) is 4.79 Å². The van der Waals surface area contributed by atoms with Crippen LogP contribution in [0.5, 0.6) is 0 Å². The van der Waals surface area contributed by atoms with Crippen molar-refractivity contribution in [2.45, 2.75) is 83.6 Å². The lowest BCUT2D eigenvalue weighted by Crippen LogP contribution is -2.55. The molecular weight excluding hydrogens is 400 g/mol. The van der Waals surface area contributed by atoms with Crippen molar-refractivity contribution in [2.24, 2.45) is 0 Å². The van der Waals surface area contributed by atoms with Gasteiger partial charge in [0.05, 0.1) is 12.1 Å². The lowest BCUT2D eigenvalue weighted by molar-refractivity contribution is 0.0646. The molecule has 32 heavy (non-hydrogen) atoms. The smallest absolute Gasteiger partial charge is 0.289 e. The molecule has 5 rings (SSSR count). The van der Waals surface area contributed by atoms with Gasteiger partial charge in [-0.05, 0) is 45.7 Å². The first-order chi connectivity index (χ1) is 15.4. The van der Waals surface area contributed by atoms with E-state index in [0.29, 0.717) is 5.82 Å². The lowest BCUT2D eigenvalue weighted by atomic mass is 9.94. The molecule has 1 aromatic heterocycles. The molecule has 2 aliphatic heterocycles. The molecule has 1 amide bonds. The van der Waals surface area contributed by atoms with Crippen LogP contribution in [0.15, 0.2) is 18.2 Å². The third kappa shape index (κ3) is 4.20. The average Bonchev–Trinajstić information content (AvgIpc) is 3.33. The van der Waals surface area contributed by atoms with E-state index in [0.717, 1.165) is 57.8 Å². The Morgan fingerprint density at radius 1 is 1.09 bits per heavy atom. The van der Waals surface area contributed by atoms with Crippen LogP contribution >= 0.6 is 0 Å². The molecule has 0 unspecified atom stereocenters. The van der Waals surface area contributed by atoms with E-state index < -0.39 is 0 Å². The summed E-state index contributed by atoms with van der Waals surface area (Å²) in [5, 5.41) is 11.9. The summed E-state index contributed by atoms with van der Waals surface area (Å²) in [6, 6.07) is 7.11. The first-order valence-corrected chi connectivity index (χ1v) is 12.2. The zero-order valence-electron chi connectivity index (χ0n) is 19.7. The van der Waals surface area contributed by atoms with Crippen LogP contribution in [-0.2, 0) is 19.6 Å². The van der Waals surface area contributed by atoms with Crippen molar-refractivity contribution in [3.63, 3.8) is 0 Å². The first kappa shape index (κ1) is 21.6. The minimum atomic E-state index is -0.0551. The Hall–Kier alpha value is -2.25. The molecule has 2 fully saturated rings. The zero-order valence-corrected chi connectivity index (χ0v) is 19.7. The highest BCUT2D eigenvalue weighted by molar-refractivity contribution is 5.91. The van der Waals surface area contributed by atoms with Crippen molar-refractivity contribution in [1.82, 2.24) is 29.9 Å². The van der Waals surface area contributed by atoms with E-state index in [4.69, 9.17) is 0 Å². The standard InChI is InChI=1S/C25H36N6O/c1-18-11-19(2)13-20(12-18)14-30-10-9-25(16-30)17-31-22(15-29(25)3)27-28-23(31)24(32)26-21-7-5-4-6-8-21/h11-13,21H,4-10,14-17H2,1-3H3,(H,26,32)/t25-/m0/s1. The first-order valence-electron chi connectivity index (χ1n) is 12.2. The molecule has 1 aromatic carbocycles. The van der Waals surface area contributed by atoms with Crippen LogP contribution < -0.4 is 5.32 Å². The van der Waals surface area contributed by atoms with Crippen molar-refractivity contribution in [1.29, 1.82) is 0 Å². The normalized spacial score (nSPS) is 24.7. The highest BCUT2D eigenvalue weighted by Gasteiger charge is 2.46. The Morgan fingerprint density at radius 2 is 1.84 bits per heavy atom. The van der Waals surface area contributed by atoms with Crippen LogP contribution in [0.4, 0.5) is 0 Å². The molecule has 1 saturated heterocycles. The Balaban J connectivity index is 1.30. The summed E-state index contributed by atoms with van der Waals surface area (Å²) >= 11 is 0. The molecule has 1 saturated carbocycles. The number of benzene rings is 1. The summed E-state index contributed by atoms with van der Waals surface area (Å²) in [7, 11) is 2.19. The molecule has 1 spiro atoms. The molecule has 1 atom stereocenters. The van der Waals surface area contributed by atoms with Gasteiger partial charge < -0.3 is 9.88 Å². The molecule has 172 valence electrons. The maximum absolute atomic E-state index is 13.0. The minimum Gasteiger partial charge on any atom is -0.347 e. The van der Waals surface area contributed by atoms with E-state index in [2.05, 4.69) is 69.0 Å². The number of rotatable bonds is 4. The van der Waals surface area contributed by atoms with E-state index in [1.165, 1.54) is 36.0 Å². The van der Waals surface area contributed by atoms with E-state index in [1.54, 1.807) is 0 Å². The quantitative estimate of drug-likeness (QED) is 0.798. The summed E-state index contributed by atoms with van der Waals surface area (Å²) in [6.45, 7) is 8.90. The number of likely N-dealkylation sites (N-methyl/N-ethyl adjacent to an activating group) is 1. The summed E-state index contributed by atoms with van der Waals surface area (Å²) in [4.78, 5) is 18.0. The Kier molecular flexibility index (Phi) is 5.80. The number of hydrogen-bond donors (Lipinski definition) is 1. The maximum atomic E-state index is 13.0. The number of hydrogen-bond acceptors (Lipinski definition) is 5. The van der Waals surface area contributed by atoms with Crippen molar-refractivity contribution in [3.8, 4) is 0 Å². The number of nitrogens with one attached hydrogen (secondary N) is 1. The average molecular weight is 437 g/mol. The summed E-state index contributed by atoms with van der Waals surface area (Å²) < 4.78 is 2.10. The fourth-order valence-electron chi connectivity index (χ4n) is 6.01. The number of fused-ring (bicyclic) bond motifs is 1. The highest BCUT2D eigenvalue weighted by atomic mass is 16.2. The van der Waals surface area contributed by atoms with Crippen LogP contribution in [0, 0.1) is 13.8 Å². The molecule has 7 nitrogen and oxygen atoms in total. The molecule has 3 aliphatic rings. The number of aryl methyl sites for hydroxylation is 2. The monoisotopic (exact) mass is 436 g/mol. The molecule has 0 radical (unpaired) electrons. The molecule has 0 bridgehead atoms. The number of carbonyl (C=O) groups excluding carboxylic acids is 1. The van der Waals surface area contributed by atoms with Crippen molar-refractivity contribution in [2.75, 3.05) is 20.1 Å². The Morgan fingerprint density at radius 3 is 2.59 bits per heavy atom. The Labute approximate surface area is 191 Å². The zero-order chi connectivity index (χ0) is 22.3. The van der Waals surface area contributed by atoms with Gasteiger partial charge in [0, 0.05) is 32.2 Å². The third-order valence-electron chi connectivity index (χ3n) is 7.71. The molecule has 2 aromatic rings. The Bertz CT molecular complexity index is 974. The topological polar surface area (TPSA) is 66.3 Å². The van der Waals surface area contributed by atoms with Gasteiger partial charge in [-0.2, -0.15) is 0 Å². The number of aromatic nitrogens is 3. The van der Waals surface area contributed by atoms with Crippen LogP contribution in [0.2, 0.25) is 0 Å². The van der Waals surface area contributed by atoms with Crippen LogP contribution in [0.3, 0.4) is 0 Å². The minimum absolute atomic E-state index is 0.0219. The van der Waals surface area contributed by atoms with Crippen molar-refractivity contribution < 1.29 is 4.79 Å². The van der Waals surface area contributed by atoms with Gasteiger partial charge in [-0.3, -0.25) is 14.6 Å². The molecule has 1 aliphatic carbocycles. The largest absolute Gasteiger partial charge is 0.347 e. The van der Waals surface area contributed by atoms with Gasteiger partial charge in [0.25, 0.3) is 5.91 Å². The number of nitrogens with zero attached hydrogens (tertiary/aromatic N) is 5. The van der Waals surface area contributed by atoms with Crippen LogP contribution in [-0.4, -0.2) is 62.2 Å². The molecule has 1 N–H and O–H groups in total. The third-order valence-corrected chi connectivity index (χ3v) is 7.71. The SMILES string of the molecule is Cc1cc(C)cc(CN2CC[C@]3(C2)Cn2c(nnc2C(=O)NC2CCCCC2)CN3C)c1. The predicted octanol–water partition coefficient (Wildman–Crippen LogP) is 3.05. The van der Waals surface area contributed by atoms with Gasteiger partial charge >= 0.3 is 0 Å².